The highest BCUT2D eigenvalue weighted by molar-refractivity contribution is 7.97. The number of rotatable bonds is 5. The molecule has 5 heteroatoms. The topological polar surface area (TPSA) is 58.6 Å². The predicted octanol–water partition coefficient (Wildman–Crippen LogP) is 4.18. The Morgan fingerprint density at radius 2 is 2.05 bits per heavy atom. The summed E-state index contributed by atoms with van der Waals surface area (Å²) < 4.78 is 0. The van der Waals surface area contributed by atoms with Crippen LogP contribution < -0.4 is 5.73 Å². The highest BCUT2D eigenvalue weighted by atomic mass is 35.5. The lowest BCUT2D eigenvalue weighted by Crippen LogP contribution is -2.12. The number of hydrogen-bond acceptors (Lipinski definition) is 3. The molecule has 0 amide bonds. The highest BCUT2D eigenvalue weighted by Crippen LogP contribution is 2.25. The lowest BCUT2D eigenvalue weighted by Gasteiger charge is -2.07. The van der Waals surface area contributed by atoms with E-state index in [9.17, 15) is 0 Å². The van der Waals surface area contributed by atoms with Crippen LogP contribution in [0.1, 0.15) is 22.3 Å². The zero-order valence-electron chi connectivity index (χ0n) is 11.7. The molecular formula is C16H17ClN2OS. The SMILES string of the molecule is Cc1cccc(CSCc2ccc(/C(N)=N/O)cc2Cl)c1. The molecule has 0 aliphatic heterocycles. The average Bonchev–Trinajstić information content (AvgIpc) is 2.48. The minimum atomic E-state index is 0.0656. The molecule has 0 saturated heterocycles. The molecular weight excluding hydrogens is 304 g/mol. The number of aryl methyl sites for hydroxylation is 1. The van der Waals surface area contributed by atoms with Gasteiger partial charge in [0, 0.05) is 22.1 Å². The maximum absolute atomic E-state index is 8.65. The molecule has 0 aliphatic rings. The molecule has 2 aromatic rings. The zero-order valence-corrected chi connectivity index (χ0v) is 13.3. The first-order valence-electron chi connectivity index (χ1n) is 6.50. The van der Waals surface area contributed by atoms with Crippen LogP contribution in [0.3, 0.4) is 0 Å². The number of benzene rings is 2. The van der Waals surface area contributed by atoms with Gasteiger partial charge in [-0.3, -0.25) is 0 Å². The number of nitrogens with zero attached hydrogens (tertiary/aromatic N) is 1. The van der Waals surface area contributed by atoms with E-state index < -0.39 is 0 Å². The van der Waals surface area contributed by atoms with Crippen LogP contribution in [0.2, 0.25) is 5.02 Å². The number of thioether (sulfide) groups is 1. The molecule has 0 spiro atoms. The van der Waals surface area contributed by atoms with Crippen molar-refractivity contribution in [3.8, 4) is 0 Å². The molecule has 21 heavy (non-hydrogen) atoms. The Hall–Kier alpha value is -1.65. The summed E-state index contributed by atoms with van der Waals surface area (Å²) in [6.07, 6.45) is 0. The first kappa shape index (κ1) is 15.7. The van der Waals surface area contributed by atoms with Gasteiger partial charge in [0.05, 0.1) is 0 Å². The Bertz CT molecular complexity index is 658. The monoisotopic (exact) mass is 320 g/mol. The third-order valence-electron chi connectivity index (χ3n) is 3.07. The van der Waals surface area contributed by atoms with Crippen molar-refractivity contribution in [1.29, 1.82) is 0 Å². The second-order valence-corrected chi connectivity index (χ2v) is 6.17. The third kappa shape index (κ3) is 4.41. The van der Waals surface area contributed by atoms with Crippen LogP contribution in [0.4, 0.5) is 0 Å². The Labute approximate surface area is 133 Å². The van der Waals surface area contributed by atoms with Crippen molar-refractivity contribution in [1.82, 2.24) is 0 Å². The van der Waals surface area contributed by atoms with Gasteiger partial charge in [-0.05, 0) is 24.1 Å². The fourth-order valence-corrected chi connectivity index (χ4v) is 3.28. The average molecular weight is 321 g/mol. The summed E-state index contributed by atoms with van der Waals surface area (Å²) in [6, 6.07) is 13.9. The van der Waals surface area contributed by atoms with E-state index in [1.165, 1.54) is 11.1 Å². The van der Waals surface area contributed by atoms with Crippen LogP contribution in [0.25, 0.3) is 0 Å². The number of halogens is 1. The van der Waals surface area contributed by atoms with Gasteiger partial charge >= 0.3 is 0 Å². The van der Waals surface area contributed by atoms with E-state index in [0.29, 0.717) is 10.6 Å². The van der Waals surface area contributed by atoms with Crippen LogP contribution in [0.5, 0.6) is 0 Å². The predicted molar refractivity (Wildman–Crippen MR) is 90.1 cm³/mol. The Morgan fingerprint density at radius 1 is 1.24 bits per heavy atom. The molecule has 2 aromatic carbocycles. The number of oxime groups is 1. The summed E-state index contributed by atoms with van der Waals surface area (Å²) in [5.74, 6) is 1.83. The molecule has 2 rings (SSSR count). The fourth-order valence-electron chi connectivity index (χ4n) is 1.96. The standard InChI is InChI=1S/C16H17ClN2OS/c1-11-3-2-4-12(7-11)9-21-10-14-6-5-13(8-15(14)17)16(18)19-20/h2-8,20H,9-10H2,1H3,(H2,18,19). The van der Waals surface area contributed by atoms with Crippen molar-refractivity contribution in [2.45, 2.75) is 18.4 Å². The molecule has 0 atom stereocenters. The van der Waals surface area contributed by atoms with Gasteiger partial charge in [-0.2, -0.15) is 11.8 Å². The minimum Gasteiger partial charge on any atom is -0.409 e. The second-order valence-electron chi connectivity index (χ2n) is 4.77. The van der Waals surface area contributed by atoms with E-state index in [0.717, 1.165) is 17.1 Å². The van der Waals surface area contributed by atoms with Gasteiger partial charge in [0.25, 0.3) is 0 Å². The van der Waals surface area contributed by atoms with Gasteiger partial charge in [0.2, 0.25) is 0 Å². The summed E-state index contributed by atoms with van der Waals surface area (Å²) in [7, 11) is 0. The van der Waals surface area contributed by atoms with Crippen LogP contribution in [0.15, 0.2) is 47.6 Å². The van der Waals surface area contributed by atoms with Crippen LogP contribution >= 0.6 is 23.4 Å². The smallest absolute Gasteiger partial charge is 0.170 e. The Morgan fingerprint density at radius 3 is 2.71 bits per heavy atom. The largest absolute Gasteiger partial charge is 0.409 e. The molecule has 0 aromatic heterocycles. The molecule has 3 N–H and O–H groups in total. The first-order valence-corrected chi connectivity index (χ1v) is 8.03. The highest BCUT2D eigenvalue weighted by Gasteiger charge is 2.05. The lowest BCUT2D eigenvalue weighted by atomic mass is 10.1. The quantitative estimate of drug-likeness (QED) is 0.376. The van der Waals surface area contributed by atoms with E-state index in [2.05, 4.69) is 36.3 Å². The molecule has 0 fully saturated rings. The number of hydrogen-bond donors (Lipinski definition) is 2. The molecule has 0 unspecified atom stereocenters. The van der Waals surface area contributed by atoms with E-state index >= 15 is 0 Å². The molecule has 110 valence electrons. The van der Waals surface area contributed by atoms with E-state index in [1.807, 2.05) is 23.9 Å². The van der Waals surface area contributed by atoms with Crippen molar-refractivity contribution in [2.75, 3.05) is 0 Å². The molecule has 0 radical (unpaired) electrons. The maximum Gasteiger partial charge on any atom is 0.170 e. The normalized spacial score (nSPS) is 11.6. The molecule has 0 aliphatic carbocycles. The van der Waals surface area contributed by atoms with Crippen LogP contribution in [-0.4, -0.2) is 11.0 Å². The number of amidine groups is 1. The van der Waals surface area contributed by atoms with Gasteiger partial charge in [0.1, 0.15) is 0 Å². The second kappa shape index (κ2) is 7.38. The van der Waals surface area contributed by atoms with E-state index in [-0.39, 0.29) is 5.84 Å². The summed E-state index contributed by atoms with van der Waals surface area (Å²) in [4.78, 5) is 0. The summed E-state index contributed by atoms with van der Waals surface area (Å²) in [5, 5.41) is 12.3. The lowest BCUT2D eigenvalue weighted by molar-refractivity contribution is 0.318. The first-order chi connectivity index (χ1) is 10.1. The number of nitrogens with two attached hydrogens (primary N) is 1. The van der Waals surface area contributed by atoms with Crippen LogP contribution in [0, 0.1) is 6.92 Å². The van der Waals surface area contributed by atoms with Crippen molar-refractivity contribution >= 4 is 29.2 Å². The maximum atomic E-state index is 8.65. The third-order valence-corrected chi connectivity index (χ3v) is 4.47. The Balaban J connectivity index is 1.97. The zero-order chi connectivity index (χ0) is 15.2. The molecule has 0 heterocycles. The fraction of sp³-hybridized carbons (Fsp3) is 0.188. The van der Waals surface area contributed by atoms with Gasteiger partial charge in [-0.25, -0.2) is 0 Å². The Kier molecular flexibility index (Phi) is 5.53. The molecule has 3 nitrogen and oxygen atoms in total. The summed E-state index contributed by atoms with van der Waals surface area (Å²) in [5.41, 5.74) is 9.79. The van der Waals surface area contributed by atoms with Crippen molar-refractivity contribution < 1.29 is 5.21 Å². The van der Waals surface area contributed by atoms with E-state index in [4.69, 9.17) is 22.5 Å². The summed E-state index contributed by atoms with van der Waals surface area (Å²) in [6.45, 7) is 2.09. The van der Waals surface area contributed by atoms with E-state index in [1.54, 1.807) is 6.07 Å². The van der Waals surface area contributed by atoms with Gasteiger partial charge in [0.15, 0.2) is 5.84 Å². The minimum absolute atomic E-state index is 0.0656. The summed E-state index contributed by atoms with van der Waals surface area (Å²) >= 11 is 8.04. The van der Waals surface area contributed by atoms with Crippen LogP contribution in [-0.2, 0) is 11.5 Å². The van der Waals surface area contributed by atoms with Gasteiger partial charge in [-0.15, -0.1) is 0 Å². The van der Waals surface area contributed by atoms with Gasteiger partial charge in [-0.1, -0.05) is 58.7 Å². The van der Waals surface area contributed by atoms with Crippen molar-refractivity contribution in [3.05, 3.63) is 69.7 Å². The molecule has 0 saturated carbocycles. The molecule has 0 bridgehead atoms. The van der Waals surface area contributed by atoms with Crippen molar-refractivity contribution in [3.63, 3.8) is 0 Å². The van der Waals surface area contributed by atoms with Gasteiger partial charge < -0.3 is 10.9 Å². The van der Waals surface area contributed by atoms with Crippen molar-refractivity contribution in [2.24, 2.45) is 10.9 Å².